The van der Waals surface area contributed by atoms with Crippen molar-refractivity contribution in [2.24, 2.45) is 13.0 Å². The Bertz CT molecular complexity index is 604. The normalized spacial score (nSPS) is 22.2. The molecule has 1 aromatic rings. The molecule has 132 valence electrons. The Hall–Kier alpha value is -1.85. The summed E-state index contributed by atoms with van der Waals surface area (Å²) in [7, 11) is 1.78. The molecule has 2 amide bonds. The van der Waals surface area contributed by atoms with E-state index in [9.17, 15) is 9.59 Å². The van der Waals surface area contributed by atoms with Crippen LogP contribution in [0, 0.1) is 5.92 Å². The summed E-state index contributed by atoms with van der Waals surface area (Å²) in [6, 6.07) is 1.74. The molecule has 2 fully saturated rings. The van der Waals surface area contributed by atoms with Crippen molar-refractivity contribution in [1.29, 1.82) is 0 Å². The summed E-state index contributed by atoms with van der Waals surface area (Å²) in [5.74, 6) is 0.675. The Morgan fingerprint density at radius 2 is 2.08 bits per heavy atom. The highest BCUT2D eigenvalue weighted by Gasteiger charge is 2.32. The van der Waals surface area contributed by atoms with Crippen LogP contribution in [0.4, 0.5) is 0 Å². The van der Waals surface area contributed by atoms with E-state index >= 15 is 0 Å². The van der Waals surface area contributed by atoms with Crippen molar-refractivity contribution in [1.82, 2.24) is 20.0 Å². The lowest BCUT2D eigenvalue weighted by Crippen LogP contribution is -2.39. The van der Waals surface area contributed by atoms with Crippen LogP contribution in [0.15, 0.2) is 6.07 Å². The minimum Gasteiger partial charge on any atom is -0.346 e. The fourth-order valence-corrected chi connectivity index (χ4v) is 3.90. The third-order valence-corrected chi connectivity index (χ3v) is 5.28. The lowest BCUT2D eigenvalue weighted by atomic mass is 9.89. The zero-order valence-corrected chi connectivity index (χ0v) is 14.8. The van der Waals surface area contributed by atoms with Crippen LogP contribution in [0.1, 0.15) is 61.6 Å². The Morgan fingerprint density at radius 1 is 1.33 bits per heavy atom. The van der Waals surface area contributed by atoms with Crippen molar-refractivity contribution < 1.29 is 9.59 Å². The predicted octanol–water partition coefficient (Wildman–Crippen LogP) is 1.89. The molecule has 2 aliphatic rings. The molecule has 1 aliphatic carbocycles. The number of nitrogens with zero attached hydrogens (tertiary/aromatic N) is 3. The molecule has 1 atom stereocenters. The van der Waals surface area contributed by atoms with Crippen LogP contribution in [-0.2, 0) is 18.3 Å². The number of amides is 2. The molecule has 1 saturated carbocycles. The quantitative estimate of drug-likeness (QED) is 0.895. The lowest BCUT2D eigenvalue weighted by molar-refractivity contribution is -0.128. The topological polar surface area (TPSA) is 67.2 Å². The van der Waals surface area contributed by atoms with Crippen molar-refractivity contribution in [2.45, 2.75) is 57.9 Å². The van der Waals surface area contributed by atoms with E-state index in [1.54, 1.807) is 11.7 Å². The minimum atomic E-state index is -0.137. The zero-order chi connectivity index (χ0) is 17.1. The van der Waals surface area contributed by atoms with E-state index in [4.69, 9.17) is 0 Å². The number of aromatic nitrogens is 2. The SMILES string of the molecule is CCc1cc(C(=O)N[C@H]2CC(=O)N(CC3CCCCC3)C2)n(C)n1. The van der Waals surface area contributed by atoms with Gasteiger partial charge in [-0.15, -0.1) is 0 Å². The first-order chi connectivity index (χ1) is 11.6. The third-order valence-electron chi connectivity index (χ3n) is 5.28. The largest absolute Gasteiger partial charge is 0.346 e. The maximum Gasteiger partial charge on any atom is 0.269 e. The van der Waals surface area contributed by atoms with E-state index in [2.05, 4.69) is 10.4 Å². The second kappa shape index (κ2) is 7.36. The van der Waals surface area contributed by atoms with Gasteiger partial charge in [0.15, 0.2) is 0 Å². The summed E-state index contributed by atoms with van der Waals surface area (Å²) in [6.07, 6.45) is 7.58. The maximum atomic E-state index is 12.5. The van der Waals surface area contributed by atoms with Gasteiger partial charge in [0.05, 0.1) is 11.7 Å². The van der Waals surface area contributed by atoms with Gasteiger partial charge in [-0.25, -0.2) is 0 Å². The van der Waals surface area contributed by atoms with Crippen molar-refractivity contribution in [3.8, 4) is 0 Å². The number of hydrogen-bond donors (Lipinski definition) is 1. The van der Waals surface area contributed by atoms with Crippen molar-refractivity contribution in [3.63, 3.8) is 0 Å². The molecule has 2 heterocycles. The highest BCUT2D eigenvalue weighted by molar-refractivity contribution is 5.93. The van der Waals surface area contributed by atoms with Crippen LogP contribution >= 0.6 is 0 Å². The molecule has 1 aromatic heterocycles. The van der Waals surface area contributed by atoms with E-state index in [0.717, 1.165) is 18.7 Å². The first kappa shape index (κ1) is 17.0. The monoisotopic (exact) mass is 332 g/mol. The van der Waals surface area contributed by atoms with E-state index < -0.39 is 0 Å². The molecule has 1 N–H and O–H groups in total. The van der Waals surface area contributed by atoms with Crippen LogP contribution in [0.25, 0.3) is 0 Å². The van der Waals surface area contributed by atoms with E-state index in [0.29, 0.717) is 24.6 Å². The summed E-state index contributed by atoms with van der Waals surface area (Å²) < 4.78 is 1.62. The van der Waals surface area contributed by atoms with E-state index in [-0.39, 0.29) is 17.9 Å². The van der Waals surface area contributed by atoms with Gasteiger partial charge in [-0.05, 0) is 31.2 Å². The van der Waals surface area contributed by atoms with Gasteiger partial charge < -0.3 is 10.2 Å². The summed E-state index contributed by atoms with van der Waals surface area (Å²) in [5.41, 5.74) is 1.47. The molecular weight excluding hydrogens is 304 g/mol. The van der Waals surface area contributed by atoms with Crippen LogP contribution in [0.3, 0.4) is 0 Å². The average Bonchev–Trinajstić information content (AvgIpc) is 3.11. The Labute approximate surface area is 143 Å². The van der Waals surface area contributed by atoms with Gasteiger partial charge in [0.2, 0.25) is 5.91 Å². The highest BCUT2D eigenvalue weighted by atomic mass is 16.2. The molecule has 6 nitrogen and oxygen atoms in total. The van der Waals surface area contributed by atoms with Gasteiger partial charge in [0, 0.05) is 26.6 Å². The fraction of sp³-hybridized carbons (Fsp3) is 0.722. The number of carbonyl (C=O) groups is 2. The molecule has 0 radical (unpaired) electrons. The molecule has 0 spiro atoms. The van der Waals surface area contributed by atoms with Crippen molar-refractivity contribution in [3.05, 3.63) is 17.5 Å². The van der Waals surface area contributed by atoms with E-state index in [1.165, 1.54) is 32.1 Å². The number of nitrogens with one attached hydrogen (secondary N) is 1. The van der Waals surface area contributed by atoms with Crippen LogP contribution in [-0.4, -0.2) is 45.6 Å². The van der Waals surface area contributed by atoms with Crippen LogP contribution in [0.2, 0.25) is 0 Å². The van der Waals surface area contributed by atoms with E-state index in [1.807, 2.05) is 17.9 Å². The predicted molar refractivity (Wildman–Crippen MR) is 91.6 cm³/mol. The van der Waals surface area contributed by atoms with Crippen molar-refractivity contribution >= 4 is 11.8 Å². The summed E-state index contributed by atoms with van der Waals surface area (Å²) in [4.78, 5) is 26.6. The Kier molecular flexibility index (Phi) is 5.21. The molecule has 24 heavy (non-hydrogen) atoms. The highest BCUT2D eigenvalue weighted by Crippen LogP contribution is 2.26. The lowest BCUT2D eigenvalue weighted by Gasteiger charge is -2.27. The molecule has 6 heteroatoms. The molecular formula is C18H28N4O2. The zero-order valence-electron chi connectivity index (χ0n) is 14.8. The number of rotatable bonds is 5. The fourth-order valence-electron chi connectivity index (χ4n) is 3.90. The van der Waals surface area contributed by atoms with Crippen molar-refractivity contribution in [2.75, 3.05) is 13.1 Å². The number of likely N-dealkylation sites (tertiary alicyclic amines) is 1. The van der Waals surface area contributed by atoms with Gasteiger partial charge in [0.1, 0.15) is 5.69 Å². The summed E-state index contributed by atoms with van der Waals surface area (Å²) in [6.45, 7) is 3.51. The van der Waals surface area contributed by atoms with Gasteiger partial charge in [-0.1, -0.05) is 26.2 Å². The smallest absolute Gasteiger partial charge is 0.269 e. The first-order valence-electron chi connectivity index (χ1n) is 9.18. The number of aryl methyl sites for hydroxylation is 2. The second-order valence-electron chi connectivity index (χ2n) is 7.18. The number of carbonyl (C=O) groups excluding carboxylic acids is 2. The van der Waals surface area contributed by atoms with Gasteiger partial charge >= 0.3 is 0 Å². The number of hydrogen-bond acceptors (Lipinski definition) is 3. The van der Waals surface area contributed by atoms with Gasteiger partial charge in [0.25, 0.3) is 5.91 Å². The van der Waals surface area contributed by atoms with Gasteiger partial charge in [-0.3, -0.25) is 14.3 Å². The van der Waals surface area contributed by atoms with Crippen LogP contribution < -0.4 is 5.32 Å². The first-order valence-corrected chi connectivity index (χ1v) is 9.18. The van der Waals surface area contributed by atoms with Crippen LogP contribution in [0.5, 0.6) is 0 Å². The summed E-state index contributed by atoms with van der Waals surface area (Å²) in [5, 5.41) is 7.32. The third kappa shape index (κ3) is 3.79. The standard InChI is InChI=1S/C18H28N4O2/c1-3-14-9-16(21(2)20-14)18(24)19-15-10-17(23)22(12-15)11-13-7-5-4-6-8-13/h9,13,15H,3-8,10-12H2,1-2H3,(H,19,24)/t15-/m0/s1. The molecule has 1 saturated heterocycles. The molecule has 0 unspecified atom stereocenters. The minimum absolute atomic E-state index is 0.0893. The molecule has 0 bridgehead atoms. The molecule has 1 aliphatic heterocycles. The summed E-state index contributed by atoms with van der Waals surface area (Å²) >= 11 is 0. The molecule has 0 aromatic carbocycles. The average molecular weight is 332 g/mol. The second-order valence-corrected chi connectivity index (χ2v) is 7.18. The Balaban J connectivity index is 1.55. The van der Waals surface area contributed by atoms with Gasteiger partial charge in [-0.2, -0.15) is 5.10 Å². The maximum absolute atomic E-state index is 12.5. The molecule has 3 rings (SSSR count). The Morgan fingerprint density at radius 3 is 2.75 bits per heavy atom.